The van der Waals surface area contributed by atoms with E-state index in [0.29, 0.717) is 31.2 Å². The van der Waals surface area contributed by atoms with Crippen LogP contribution in [0, 0.1) is 6.92 Å². The largest absolute Gasteiger partial charge is 0.393 e. The molecule has 0 radical (unpaired) electrons. The van der Waals surface area contributed by atoms with E-state index in [1.54, 1.807) is 32.0 Å². The molecule has 168 valence electrons. The molecule has 1 aliphatic carbocycles. The van der Waals surface area contributed by atoms with Gasteiger partial charge >= 0.3 is 0 Å². The number of hydrogen-bond acceptors (Lipinski definition) is 6. The third-order valence-corrected chi connectivity index (χ3v) is 8.91. The van der Waals surface area contributed by atoms with Crippen LogP contribution in [0.25, 0.3) is 16.2 Å². The maximum atomic E-state index is 13.1. The number of nitrogens with zero attached hydrogens (tertiary/aromatic N) is 2. The number of aromatic nitrogens is 2. The lowest BCUT2D eigenvalue weighted by atomic mass is 9.94. The highest BCUT2D eigenvalue weighted by Gasteiger charge is 2.28. The van der Waals surface area contributed by atoms with Crippen molar-refractivity contribution in [3.05, 3.63) is 40.0 Å². The minimum atomic E-state index is -3.84. The lowest BCUT2D eigenvalue weighted by Crippen LogP contribution is -2.38. The second-order valence-corrected chi connectivity index (χ2v) is 11.7. The van der Waals surface area contributed by atoms with Crippen molar-refractivity contribution in [1.29, 1.82) is 0 Å². The van der Waals surface area contributed by atoms with E-state index in [9.17, 15) is 18.6 Å². The van der Waals surface area contributed by atoms with Gasteiger partial charge in [-0.15, -0.1) is 0 Å². The van der Waals surface area contributed by atoms with Crippen molar-refractivity contribution in [2.45, 2.75) is 69.1 Å². The highest BCUT2D eigenvalue weighted by atomic mass is 35.5. The van der Waals surface area contributed by atoms with Gasteiger partial charge in [0.25, 0.3) is 0 Å². The number of fused-ring (bicyclic) bond motifs is 1. The molecule has 0 amide bonds. The first-order valence-electron chi connectivity index (χ1n) is 10.2. The molecule has 10 heteroatoms. The van der Waals surface area contributed by atoms with E-state index in [0.717, 1.165) is 21.2 Å². The van der Waals surface area contributed by atoms with Crippen LogP contribution in [0.3, 0.4) is 0 Å². The predicted molar refractivity (Wildman–Crippen MR) is 122 cm³/mol. The van der Waals surface area contributed by atoms with Crippen LogP contribution in [0.4, 0.5) is 0 Å². The molecule has 3 N–H and O–H groups in total. The van der Waals surface area contributed by atoms with Crippen molar-refractivity contribution in [2.24, 2.45) is 0 Å². The number of benzene rings is 1. The zero-order chi connectivity index (χ0) is 22.6. The summed E-state index contributed by atoms with van der Waals surface area (Å²) in [6, 6.07) is 4.71. The molecule has 0 saturated heterocycles. The average molecular weight is 484 g/mol. The van der Waals surface area contributed by atoms with Gasteiger partial charge in [-0.05, 0) is 58.6 Å². The third-order valence-electron chi connectivity index (χ3n) is 5.62. The Bertz CT molecular complexity index is 1220. The Morgan fingerprint density at radius 2 is 1.94 bits per heavy atom. The fraction of sp³-hybridized carbons (Fsp3) is 0.476. The van der Waals surface area contributed by atoms with Crippen molar-refractivity contribution in [3.8, 4) is 11.3 Å². The Morgan fingerprint density at radius 1 is 1.26 bits per heavy atom. The van der Waals surface area contributed by atoms with E-state index in [2.05, 4.69) is 9.71 Å². The van der Waals surface area contributed by atoms with Gasteiger partial charge in [0.15, 0.2) is 4.96 Å². The molecule has 1 saturated carbocycles. The molecule has 0 aliphatic heterocycles. The highest BCUT2D eigenvalue weighted by Crippen LogP contribution is 2.35. The summed E-state index contributed by atoms with van der Waals surface area (Å²) in [6.45, 7) is 5.30. The van der Waals surface area contributed by atoms with Crippen LogP contribution in [-0.4, -0.2) is 40.2 Å². The first kappa shape index (κ1) is 22.7. The number of aliphatic hydroxyl groups is 2. The number of aryl methyl sites for hydroxylation is 1. The van der Waals surface area contributed by atoms with Crippen LogP contribution in [-0.2, 0) is 15.6 Å². The van der Waals surface area contributed by atoms with Crippen molar-refractivity contribution >= 4 is 37.9 Å². The van der Waals surface area contributed by atoms with Crippen molar-refractivity contribution in [1.82, 2.24) is 14.1 Å². The number of sulfonamides is 1. The summed E-state index contributed by atoms with van der Waals surface area (Å²) in [4.78, 5) is 6.09. The highest BCUT2D eigenvalue weighted by molar-refractivity contribution is 7.89. The summed E-state index contributed by atoms with van der Waals surface area (Å²) in [6.07, 6.45) is 3.82. The zero-order valence-electron chi connectivity index (χ0n) is 17.6. The molecule has 3 aromatic rings. The number of hydrogen-bond donors (Lipinski definition) is 3. The first-order valence-corrected chi connectivity index (χ1v) is 12.8. The minimum absolute atomic E-state index is 0.0186. The van der Waals surface area contributed by atoms with Crippen LogP contribution >= 0.6 is 22.9 Å². The van der Waals surface area contributed by atoms with E-state index in [1.807, 2.05) is 17.5 Å². The Morgan fingerprint density at radius 3 is 2.58 bits per heavy atom. The van der Waals surface area contributed by atoms with Gasteiger partial charge in [0.1, 0.15) is 4.90 Å². The number of rotatable bonds is 5. The van der Waals surface area contributed by atoms with E-state index < -0.39 is 15.6 Å². The molecule has 4 rings (SSSR count). The van der Waals surface area contributed by atoms with Crippen LogP contribution < -0.4 is 4.72 Å². The molecule has 2 heterocycles. The molecule has 0 spiro atoms. The van der Waals surface area contributed by atoms with Gasteiger partial charge in [0.2, 0.25) is 10.0 Å². The molecule has 0 unspecified atom stereocenters. The van der Waals surface area contributed by atoms with Gasteiger partial charge in [-0.1, -0.05) is 29.0 Å². The number of aliphatic hydroxyl groups excluding tert-OH is 1. The second kappa shape index (κ2) is 8.13. The summed E-state index contributed by atoms with van der Waals surface area (Å²) in [7, 11) is -3.84. The van der Waals surface area contributed by atoms with Gasteiger partial charge in [-0.2, -0.15) is 0 Å². The van der Waals surface area contributed by atoms with E-state index >= 15 is 0 Å². The molecule has 1 fully saturated rings. The normalized spacial score (nSPS) is 20.5. The fourth-order valence-electron chi connectivity index (χ4n) is 3.92. The van der Waals surface area contributed by atoms with Gasteiger partial charge in [-0.3, -0.25) is 4.40 Å². The molecule has 7 nitrogen and oxygen atoms in total. The smallest absolute Gasteiger partial charge is 0.242 e. The molecule has 0 atom stereocenters. The van der Waals surface area contributed by atoms with Crippen LogP contribution in [0.1, 0.15) is 50.1 Å². The lowest BCUT2D eigenvalue weighted by molar-refractivity contribution is 0.0822. The summed E-state index contributed by atoms with van der Waals surface area (Å²) in [5.41, 5.74) is 1.20. The molecule has 1 aromatic carbocycles. The van der Waals surface area contributed by atoms with Gasteiger partial charge in [0, 0.05) is 17.8 Å². The maximum Gasteiger partial charge on any atom is 0.242 e. The van der Waals surface area contributed by atoms with E-state index in [1.165, 1.54) is 11.3 Å². The van der Waals surface area contributed by atoms with Crippen LogP contribution in [0.15, 0.2) is 29.3 Å². The van der Waals surface area contributed by atoms with Crippen LogP contribution in [0.5, 0.6) is 0 Å². The summed E-state index contributed by atoms with van der Waals surface area (Å²) in [5.74, 6) is 0. The number of halogens is 1. The van der Waals surface area contributed by atoms with Crippen LogP contribution in [0.2, 0.25) is 5.02 Å². The zero-order valence-corrected chi connectivity index (χ0v) is 20.0. The third kappa shape index (κ3) is 4.53. The number of imidazole rings is 1. The van der Waals surface area contributed by atoms with Crippen molar-refractivity contribution in [2.75, 3.05) is 0 Å². The number of nitrogens with one attached hydrogen (secondary N) is 1. The quantitative estimate of drug-likeness (QED) is 0.511. The summed E-state index contributed by atoms with van der Waals surface area (Å²) in [5, 5.41) is 20.2. The van der Waals surface area contributed by atoms with Gasteiger partial charge < -0.3 is 10.2 Å². The predicted octanol–water partition coefficient (Wildman–Crippen LogP) is 3.83. The van der Waals surface area contributed by atoms with E-state index in [4.69, 9.17) is 11.6 Å². The van der Waals surface area contributed by atoms with Gasteiger partial charge in [-0.25, -0.2) is 18.1 Å². The first-order chi connectivity index (χ1) is 14.5. The topological polar surface area (TPSA) is 104 Å². The molecule has 1 aliphatic rings. The average Bonchev–Trinajstić information content (AvgIpc) is 3.21. The fourth-order valence-corrected chi connectivity index (χ4v) is 6.78. The number of thiazole rings is 1. The Kier molecular flexibility index (Phi) is 5.95. The molecule has 31 heavy (non-hydrogen) atoms. The second-order valence-electron chi connectivity index (χ2n) is 8.62. The monoisotopic (exact) mass is 483 g/mol. The maximum absolute atomic E-state index is 13.1. The Hall–Kier alpha value is -1.49. The molecular weight excluding hydrogens is 458 g/mol. The van der Waals surface area contributed by atoms with Gasteiger partial charge in [0.05, 0.1) is 33.0 Å². The molecular formula is C21H26ClN3O4S2. The Balaban J connectivity index is 1.73. The summed E-state index contributed by atoms with van der Waals surface area (Å²) < 4.78 is 30.8. The van der Waals surface area contributed by atoms with Crippen molar-refractivity contribution in [3.63, 3.8) is 0 Å². The minimum Gasteiger partial charge on any atom is -0.393 e. The Labute approximate surface area is 190 Å². The lowest BCUT2D eigenvalue weighted by Gasteiger charge is -2.26. The molecule has 2 aromatic heterocycles. The summed E-state index contributed by atoms with van der Waals surface area (Å²) >= 11 is 7.69. The van der Waals surface area contributed by atoms with E-state index in [-0.39, 0.29) is 22.1 Å². The molecule has 0 bridgehead atoms. The standard InChI is InChI=1S/C21H26ClN3O4S2/c1-12-19(25-11-18(21(2,3)27)30-20(25)23-12)13-4-9-16(22)17(10-13)31(28,29)24-14-5-7-15(26)8-6-14/h4,9-11,14-15,24,26-27H,5-8H2,1-3H3. The van der Waals surface area contributed by atoms with Crippen molar-refractivity contribution < 1.29 is 18.6 Å². The SMILES string of the molecule is Cc1nc2sc(C(C)(C)O)cn2c1-c1ccc(Cl)c(S(=O)(=O)NC2CCC(O)CC2)c1.